The van der Waals surface area contributed by atoms with E-state index in [0.717, 1.165) is 38.2 Å². The molecule has 1 saturated carbocycles. The van der Waals surface area contributed by atoms with E-state index >= 15 is 9.18 Å². The largest absolute Gasteiger partial charge is 0.368 e. The first kappa shape index (κ1) is 33.9. The van der Waals surface area contributed by atoms with E-state index in [2.05, 4.69) is 44.8 Å². The summed E-state index contributed by atoms with van der Waals surface area (Å²) in [6, 6.07) is 2.33. The quantitative estimate of drug-likeness (QED) is 0.467. The minimum Gasteiger partial charge on any atom is -0.368 e. The summed E-state index contributed by atoms with van der Waals surface area (Å²) in [5, 5.41) is 2.78. The molecule has 2 unspecified atom stereocenters. The fraction of sp³-hybridized carbons (Fsp3) is 0.743. The number of ether oxygens (including phenoxy) is 1. The van der Waals surface area contributed by atoms with Gasteiger partial charge in [-0.3, -0.25) is 19.0 Å². The van der Waals surface area contributed by atoms with Crippen LogP contribution < -0.4 is 5.32 Å². The highest BCUT2D eigenvalue weighted by Crippen LogP contribution is 2.46. The van der Waals surface area contributed by atoms with Crippen molar-refractivity contribution in [3.8, 4) is 0 Å². The molecular formula is C35H53F2N4O4+. The number of likely N-dealkylation sites (N-methyl/N-ethyl adjacent to an activating group) is 2. The van der Waals surface area contributed by atoms with Crippen LogP contribution in [-0.2, 0) is 24.5 Å². The van der Waals surface area contributed by atoms with E-state index in [0.29, 0.717) is 32.4 Å². The van der Waals surface area contributed by atoms with Crippen molar-refractivity contribution >= 4 is 17.7 Å². The summed E-state index contributed by atoms with van der Waals surface area (Å²) in [4.78, 5) is 47.3. The van der Waals surface area contributed by atoms with Gasteiger partial charge >= 0.3 is 5.91 Å². The normalized spacial score (nSPS) is 32.5. The summed E-state index contributed by atoms with van der Waals surface area (Å²) in [5.41, 5.74) is -1.22. The Labute approximate surface area is 267 Å². The lowest BCUT2D eigenvalue weighted by molar-refractivity contribution is -0.840. The van der Waals surface area contributed by atoms with E-state index in [1.54, 1.807) is 14.1 Å². The Balaban J connectivity index is 1.56. The first-order valence-electron chi connectivity index (χ1n) is 16.8. The van der Waals surface area contributed by atoms with Gasteiger partial charge in [0, 0.05) is 56.4 Å². The second kappa shape index (κ2) is 12.3. The molecule has 1 aliphatic carbocycles. The van der Waals surface area contributed by atoms with Crippen LogP contribution in [0.1, 0.15) is 91.5 Å². The molecule has 0 aromatic heterocycles. The average molecular weight is 632 g/mol. The minimum absolute atomic E-state index is 0.00178. The van der Waals surface area contributed by atoms with Gasteiger partial charge in [0.15, 0.2) is 6.04 Å². The van der Waals surface area contributed by atoms with Crippen LogP contribution in [0.5, 0.6) is 0 Å². The maximum absolute atomic E-state index is 15.7. The van der Waals surface area contributed by atoms with Gasteiger partial charge in [0.05, 0.1) is 13.1 Å². The van der Waals surface area contributed by atoms with Crippen molar-refractivity contribution in [1.29, 1.82) is 0 Å². The Bertz CT molecular complexity index is 1300. The number of nitrogens with zero attached hydrogens (tertiary/aromatic N) is 3. The fourth-order valence-electron chi connectivity index (χ4n) is 8.61. The zero-order valence-corrected chi connectivity index (χ0v) is 28.3. The molecular weight excluding hydrogens is 578 g/mol. The van der Waals surface area contributed by atoms with E-state index < -0.39 is 29.2 Å². The molecule has 3 amide bonds. The highest BCUT2D eigenvalue weighted by Gasteiger charge is 2.63. The van der Waals surface area contributed by atoms with Crippen LogP contribution in [0.25, 0.3) is 0 Å². The number of carbonyl (C=O) groups excluding carboxylic acids is 3. The molecule has 1 aromatic carbocycles. The first-order chi connectivity index (χ1) is 21.0. The highest BCUT2D eigenvalue weighted by atomic mass is 19.1. The molecule has 5 rings (SSSR count). The summed E-state index contributed by atoms with van der Waals surface area (Å²) >= 11 is 0. The van der Waals surface area contributed by atoms with Crippen molar-refractivity contribution in [2.75, 3.05) is 40.3 Å². The van der Waals surface area contributed by atoms with Crippen molar-refractivity contribution in [2.45, 2.75) is 121 Å². The number of rotatable bonds is 6. The Kier molecular flexibility index (Phi) is 9.27. The third-order valence-corrected chi connectivity index (χ3v) is 11.4. The molecule has 1 aromatic rings. The third-order valence-electron chi connectivity index (χ3n) is 11.4. The first-order valence-corrected chi connectivity index (χ1v) is 16.8. The van der Waals surface area contributed by atoms with Crippen LogP contribution in [0.3, 0.4) is 0 Å². The number of carbonyl (C=O) groups is 3. The molecule has 0 spiro atoms. The molecule has 3 saturated heterocycles. The van der Waals surface area contributed by atoms with Gasteiger partial charge in [0.25, 0.3) is 11.8 Å². The number of hydrogen-bond donors (Lipinski definition) is 1. The monoisotopic (exact) mass is 631 g/mol. The summed E-state index contributed by atoms with van der Waals surface area (Å²) < 4.78 is 35.5. The number of hydrogen-bond acceptors (Lipinski definition) is 5. The highest BCUT2D eigenvalue weighted by molar-refractivity contribution is 5.89. The Morgan fingerprint density at radius 2 is 1.76 bits per heavy atom. The van der Waals surface area contributed by atoms with Crippen molar-refractivity contribution < 1.29 is 32.4 Å². The van der Waals surface area contributed by atoms with Crippen LogP contribution in [0, 0.1) is 17.0 Å². The second-order valence-corrected chi connectivity index (χ2v) is 16.0. The molecule has 1 N–H and O–H groups in total. The van der Waals surface area contributed by atoms with Gasteiger partial charge in [0.1, 0.15) is 29.7 Å². The molecule has 3 aliphatic heterocycles. The standard InChI is InChI=1S/C35H52F2N4O4/c1-33(2,3)39-17-16-35(22-39,26-11-10-23(36)19-27(26)37)32(44)41(7)21-25(20-28(41)30(42)38-6)40(31(43)29-9-8-18-45-29)24-12-14-34(4,5)15-13-24/h10-11,19,24-25,28-29H,8-9,12-18,20-22H2,1-7H3/p+1/t25-,28+,29?,35-,41?/m1/s1. The molecule has 0 bridgehead atoms. The predicted molar refractivity (Wildman–Crippen MR) is 168 cm³/mol. The van der Waals surface area contributed by atoms with Crippen LogP contribution in [0.4, 0.5) is 8.78 Å². The molecule has 8 nitrogen and oxygen atoms in total. The average Bonchev–Trinajstić information content (AvgIpc) is 3.73. The van der Waals surface area contributed by atoms with Crippen LogP contribution in [0.2, 0.25) is 0 Å². The van der Waals surface area contributed by atoms with Gasteiger partial charge in [-0.25, -0.2) is 13.6 Å². The second-order valence-electron chi connectivity index (χ2n) is 16.0. The van der Waals surface area contributed by atoms with Crippen molar-refractivity contribution in [3.63, 3.8) is 0 Å². The molecule has 4 fully saturated rings. The molecule has 10 heteroatoms. The summed E-state index contributed by atoms with van der Waals surface area (Å²) in [7, 11) is 3.35. The molecule has 4 aliphatic rings. The van der Waals surface area contributed by atoms with Gasteiger partial charge in [-0.05, 0) is 77.2 Å². The lowest BCUT2D eigenvalue weighted by Crippen LogP contribution is -2.65. The molecule has 5 atom stereocenters. The Morgan fingerprint density at radius 3 is 2.31 bits per heavy atom. The molecule has 3 heterocycles. The number of nitrogens with one attached hydrogen (secondary N) is 1. The zero-order chi connectivity index (χ0) is 32.9. The van der Waals surface area contributed by atoms with E-state index in [-0.39, 0.29) is 63.9 Å². The summed E-state index contributed by atoms with van der Waals surface area (Å²) in [5.74, 6) is -2.03. The van der Waals surface area contributed by atoms with Gasteiger partial charge < -0.3 is 15.0 Å². The summed E-state index contributed by atoms with van der Waals surface area (Å²) in [6.07, 6.45) is 5.34. The lowest BCUT2D eigenvalue weighted by Gasteiger charge is -2.44. The number of quaternary nitrogens is 1. The van der Waals surface area contributed by atoms with E-state index in [1.807, 2.05) is 4.90 Å². The van der Waals surface area contributed by atoms with Crippen molar-refractivity contribution in [3.05, 3.63) is 35.4 Å². The lowest BCUT2D eigenvalue weighted by atomic mass is 9.75. The topological polar surface area (TPSA) is 79.0 Å². The summed E-state index contributed by atoms with van der Waals surface area (Å²) in [6.45, 7) is 12.3. The van der Waals surface area contributed by atoms with Crippen LogP contribution in [0.15, 0.2) is 18.2 Å². The molecule has 0 radical (unpaired) electrons. The van der Waals surface area contributed by atoms with Crippen LogP contribution >= 0.6 is 0 Å². The molecule has 250 valence electrons. The molecule has 45 heavy (non-hydrogen) atoms. The Hall–Kier alpha value is -2.43. The third kappa shape index (κ3) is 6.31. The number of halogens is 2. The van der Waals surface area contributed by atoms with Crippen molar-refractivity contribution in [2.24, 2.45) is 5.41 Å². The number of benzene rings is 1. The van der Waals surface area contributed by atoms with Gasteiger partial charge in [0.2, 0.25) is 0 Å². The number of amides is 3. The van der Waals surface area contributed by atoms with Gasteiger partial charge in [-0.15, -0.1) is 0 Å². The van der Waals surface area contributed by atoms with Crippen LogP contribution in [-0.4, -0.2) is 102 Å². The van der Waals surface area contributed by atoms with Gasteiger partial charge in [-0.2, -0.15) is 0 Å². The Morgan fingerprint density at radius 1 is 1.07 bits per heavy atom. The van der Waals surface area contributed by atoms with E-state index in [9.17, 15) is 14.0 Å². The number of likely N-dealkylation sites (tertiary alicyclic amines) is 2. The van der Waals surface area contributed by atoms with E-state index in [1.165, 1.54) is 12.1 Å². The van der Waals surface area contributed by atoms with Crippen molar-refractivity contribution in [1.82, 2.24) is 15.1 Å². The minimum atomic E-state index is -1.29. The van der Waals surface area contributed by atoms with E-state index in [4.69, 9.17) is 4.74 Å². The smallest absolute Gasteiger partial charge is 0.326 e. The fourth-order valence-corrected chi connectivity index (χ4v) is 8.61. The predicted octanol–water partition coefficient (Wildman–Crippen LogP) is 4.54. The van der Waals surface area contributed by atoms with Gasteiger partial charge in [-0.1, -0.05) is 19.9 Å². The maximum Gasteiger partial charge on any atom is 0.326 e. The SMILES string of the molecule is CNC(=O)[C@@H]1C[C@@H](N(C(=O)C2CCCO2)C2CCC(C)(C)CC2)C[N+]1(C)C(=O)[C@]1(c2ccc(F)cc2F)CCN(C(C)(C)C)C1. The zero-order valence-electron chi connectivity index (χ0n) is 28.3. The maximum atomic E-state index is 15.7.